The summed E-state index contributed by atoms with van der Waals surface area (Å²) in [6, 6.07) is 0. The average molecular weight is 532 g/mol. The Kier molecular flexibility index (Phi) is 36.9. The third kappa shape index (κ3) is 48.2. The largest absolute Gasteiger partial charge is 0.466 e. The maximum absolute atomic E-state index is 8.88. The summed E-state index contributed by atoms with van der Waals surface area (Å²) in [7, 11) is -4.64. The van der Waals surface area contributed by atoms with E-state index < -0.39 is 7.82 Å². The number of aliphatic hydroxyl groups is 1. The Balaban J connectivity index is -0.00000125. The molecule has 0 heterocycles. The summed E-state index contributed by atoms with van der Waals surface area (Å²) in [6.07, 6.45) is 32.6. The van der Waals surface area contributed by atoms with Gasteiger partial charge in [-0.3, -0.25) is 0 Å². The van der Waals surface area contributed by atoms with E-state index in [9.17, 15) is 0 Å². The summed E-state index contributed by atoms with van der Waals surface area (Å²) in [5.41, 5.74) is 0. The molecular formula is C25H55O5PZn. The molecule has 0 aromatic heterocycles. The maximum atomic E-state index is 8.88. The molecule has 0 saturated heterocycles. The van der Waals surface area contributed by atoms with Crippen molar-refractivity contribution in [2.45, 2.75) is 155 Å². The maximum Gasteiger partial charge on any atom is 0.466 e. The minimum atomic E-state index is -4.64. The standard InChI is InChI=1S/C25H52O.H3O4P.Zn/c1-2-3-4-5-6-7-8-9-10-11-12-13-14-15-16-17-18-19-20-21-22-23-24-25-26;1-5(2,3)4;/h26H,2-25H2,1H3;(H3,1,2,3,4);. The number of hydrogen-bond donors (Lipinski definition) is 4. The van der Waals surface area contributed by atoms with Crippen molar-refractivity contribution in [3.8, 4) is 0 Å². The van der Waals surface area contributed by atoms with Crippen molar-refractivity contribution >= 4 is 7.82 Å². The van der Waals surface area contributed by atoms with Crippen LogP contribution in [0.1, 0.15) is 155 Å². The molecule has 5 nitrogen and oxygen atoms in total. The molecule has 192 valence electrons. The van der Waals surface area contributed by atoms with Gasteiger partial charge in [-0.2, -0.15) is 0 Å². The van der Waals surface area contributed by atoms with Crippen molar-refractivity contribution in [3.05, 3.63) is 0 Å². The molecule has 0 aromatic carbocycles. The van der Waals surface area contributed by atoms with Gasteiger partial charge in [0.25, 0.3) is 0 Å². The number of hydrogen-bond acceptors (Lipinski definition) is 2. The zero-order valence-electron chi connectivity index (χ0n) is 21.3. The van der Waals surface area contributed by atoms with Gasteiger partial charge in [-0.05, 0) is 6.42 Å². The molecule has 0 aliphatic carbocycles. The molecule has 0 spiro atoms. The van der Waals surface area contributed by atoms with Crippen LogP contribution >= 0.6 is 7.82 Å². The third-order valence-electron chi connectivity index (χ3n) is 5.76. The van der Waals surface area contributed by atoms with Crippen LogP contribution in [-0.2, 0) is 24.0 Å². The van der Waals surface area contributed by atoms with Crippen LogP contribution in [0.15, 0.2) is 0 Å². The van der Waals surface area contributed by atoms with Gasteiger partial charge in [-0.15, -0.1) is 0 Å². The van der Waals surface area contributed by atoms with Gasteiger partial charge < -0.3 is 19.8 Å². The molecule has 0 atom stereocenters. The fraction of sp³-hybridized carbons (Fsp3) is 1.00. The van der Waals surface area contributed by atoms with Crippen molar-refractivity contribution < 1.29 is 43.8 Å². The predicted molar refractivity (Wildman–Crippen MR) is 133 cm³/mol. The Labute approximate surface area is 212 Å². The van der Waals surface area contributed by atoms with Crippen molar-refractivity contribution in [1.82, 2.24) is 0 Å². The van der Waals surface area contributed by atoms with Crippen LogP contribution < -0.4 is 0 Å². The Bertz CT molecular complexity index is 334. The molecule has 0 rings (SSSR count). The topological polar surface area (TPSA) is 98.0 Å². The second-order valence-corrected chi connectivity index (χ2v) is 10.0. The Morgan fingerprint density at radius 3 is 0.750 bits per heavy atom. The summed E-state index contributed by atoms with van der Waals surface area (Å²) < 4.78 is 8.88. The van der Waals surface area contributed by atoms with E-state index in [1.807, 2.05) is 0 Å². The van der Waals surface area contributed by atoms with E-state index in [1.165, 1.54) is 141 Å². The molecule has 0 unspecified atom stereocenters. The van der Waals surface area contributed by atoms with Crippen LogP contribution in [0, 0.1) is 0 Å². The van der Waals surface area contributed by atoms with E-state index in [1.54, 1.807) is 0 Å². The van der Waals surface area contributed by atoms with Gasteiger partial charge in [-0.1, -0.05) is 148 Å². The quantitative estimate of drug-likeness (QED) is 0.0607. The molecule has 0 radical (unpaired) electrons. The smallest absolute Gasteiger partial charge is 0.396 e. The molecular weight excluding hydrogens is 477 g/mol. The number of rotatable bonds is 23. The van der Waals surface area contributed by atoms with Crippen LogP contribution in [0.25, 0.3) is 0 Å². The molecule has 0 aliphatic heterocycles. The van der Waals surface area contributed by atoms with Gasteiger partial charge >= 0.3 is 7.82 Å². The van der Waals surface area contributed by atoms with Gasteiger partial charge in [-0.25, -0.2) is 4.57 Å². The molecule has 7 heteroatoms. The Morgan fingerprint density at radius 1 is 0.438 bits per heavy atom. The van der Waals surface area contributed by atoms with Gasteiger partial charge in [0.15, 0.2) is 0 Å². The van der Waals surface area contributed by atoms with Gasteiger partial charge in [0.2, 0.25) is 0 Å². The number of unbranched alkanes of at least 4 members (excludes halogenated alkanes) is 22. The van der Waals surface area contributed by atoms with Crippen molar-refractivity contribution in [1.29, 1.82) is 0 Å². The zero-order valence-corrected chi connectivity index (χ0v) is 25.2. The fourth-order valence-corrected chi connectivity index (χ4v) is 3.90. The molecule has 0 saturated carbocycles. The zero-order chi connectivity index (χ0) is 23.5. The van der Waals surface area contributed by atoms with Gasteiger partial charge in [0.1, 0.15) is 0 Å². The van der Waals surface area contributed by atoms with E-state index in [0.29, 0.717) is 6.61 Å². The summed E-state index contributed by atoms with van der Waals surface area (Å²) >= 11 is 0. The Hall–Kier alpha value is 0.693. The molecule has 0 bridgehead atoms. The van der Waals surface area contributed by atoms with Crippen molar-refractivity contribution in [2.75, 3.05) is 6.61 Å². The minimum absolute atomic E-state index is 0. The van der Waals surface area contributed by atoms with E-state index in [4.69, 9.17) is 24.4 Å². The van der Waals surface area contributed by atoms with E-state index in [2.05, 4.69) is 6.92 Å². The summed E-state index contributed by atoms with van der Waals surface area (Å²) in [5.74, 6) is 0. The SMILES string of the molecule is CCCCCCCCCCCCCCCCCCCCCCCCCO.O=P(O)(O)O.[Zn]. The van der Waals surface area contributed by atoms with Crippen molar-refractivity contribution in [3.63, 3.8) is 0 Å². The van der Waals surface area contributed by atoms with Crippen LogP contribution in [0.2, 0.25) is 0 Å². The molecule has 0 aromatic rings. The molecule has 4 N–H and O–H groups in total. The van der Waals surface area contributed by atoms with Gasteiger partial charge in [0.05, 0.1) is 0 Å². The molecule has 0 fully saturated rings. The number of phosphoric acid groups is 1. The molecule has 32 heavy (non-hydrogen) atoms. The summed E-state index contributed by atoms with van der Waals surface area (Å²) in [6.45, 7) is 2.67. The average Bonchev–Trinajstić information content (AvgIpc) is 2.70. The molecule has 0 aliphatic rings. The first-order chi connectivity index (χ1) is 14.9. The second kappa shape index (κ2) is 31.7. The van der Waals surface area contributed by atoms with E-state index >= 15 is 0 Å². The van der Waals surface area contributed by atoms with Crippen LogP contribution in [0.4, 0.5) is 0 Å². The first kappa shape index (κ1) is 37.2. The fourth-order valence-electron chi connectivity index (χ4n) is 3.90. The monoisotopic (exact) mass is 530 g/mol. The number of aliphatic hydroxyl groups excluding tert-OH is 1. The summed E-state index contributed by atoms with van der Waals surface area (Å²) in [5, 5.41) is 8.73. The van der Waals surface area contributed by atoms with Crippen LogP contribution in [0.5, 0.6) is 0 Å². The second-order valence-electron chi connectivity index (χ2n) is 9.02. The van der Waals surface area contributed by atoms with Crippen molar-refractivity contribution in [2.24, 2.45) is 0 Å². The Morgan fingerprint density at radius 2 is 0.594 bits per heavy atom. The van der Waals surface area contributed by atoms with Crippen LogP contribution in [0.3, 0.4) is 0 Å². The van der Waals surface area contributed by atoms with Crippen LogP contribution in [-0.4, -0.2) is 26.4 Å². The van der Waals surface area contributed by atoms with Gasteiger partial charge in [0, 0.05) is 26.1 Å². The normalized spacial score (nSPS) is 11.0. The summed E-state index contributed by atoms with van der Waals surface area (Å²) in [4.78, 5) is 21.6. The first-order valence-electron chi connectivity index (χ1n) is 13.3. The molecule has 0 amide bonds. The van der Waals surface area contributed by atoms with E-state index in [0.717, 1.165) is 6.42 Å². The van der Waals surface area contributed by atoms with E-state index in [-0.39, 0.29) is 19.5 Å². The predicted octanol–water partition coefficient (Wildman–Crippen LogP) is 8.04. The first-order valence-corrected chi connectivity index (χ1v) is 14.9. The minimum Gasteiger partial charge on any atom is -0.396 e. The third-order valence-corrected chi connectivity index (χ3v) is 5.76.